The molecule has 4 nitrogen and oxygen atoms in total. The van der Waals surface area contributed by atoms with Gasteiger partial charge in [-0.3, -0.25) is 4.79 Å². The molecule has 1 atom stereocenters. The molecule has 7 heteroatoms. The summed E-state index contributed by atoms with van der Waals surface area (Å²) in [5.41, 5.74) is 6.50. The minimum atomic E-state index is -0.312. The van der Waals surface area contributed by atoms with Crippen molar-refractivity contribution in [3.63, 3.8) is 0 Å². The van der Waals surface area contributed by atoms with E-state index in [0.717, 1.165) is 11.1 Å². The lowest BCUT2D eigenvalue weighted by molar-refractivity contribution is 0.0791. The first-order chi connectivity index (χ1) is 10.1. The van der Waals surface area contributed by atoms with Crippen molar-refractivity contribution in [2.75, 3.05) is 20.2 Å². The van der Waals surface area contributed by atoms with Crippen LogP contribution >= 0.6 is 23.7 Å². The third-order valence-electron chi connectivity index (χ3n) is 3.76. The molecule has 2 heterocycles. The Hall–Kier alpha value is -1.21. The number of nitrogens with zero attached hydrogens (tertiary/aromatic N) is 1. The van der Waals surface area contributed by atoms with E-state index in [0.29, 0.717) is 28.9 Å². The Bertz CT molecular complexity index is 691. The number of hydrogen-bond donors (Lipinski definition) is 1. The maximum Gasteiger partial charge on any atom is 0.264 e. The van der Waals surface area contributed by atoms with Gasteiger partial charge in [0, 0.05) is 41.9 Å². The second-order valence-electron chi connectivity index (χ2n) is 5.26. The summed E-state index contributed by atoms with van der Waals surface area (Å²) in [5, 5.41) is 0.496. The summed E-state index contributed by atoms with van der Waals surface area (Å²) in [7, 11) is 1.55. The van der Waals surface area contributed by atoms with Crippen molar-refractivity contribution in [2.45, 2.75) is 19.1 Å². The molecule has 1 aromatic carbocycles. The fourth-order valence-electron chi connectivity index (χ4n) is 2.74. The van der Waals surface area contributed by atoms with Gasteiger partial charge in [0.05, 0.1) is 11.5 Å². The van der Waals surface area contributed by atoms with E-state index < -0.39 is 0 Å². The Morgan fingerprint density at radius 2 is 2.32 bits per heavy atom. The summed E-state index contributed by atoms with van der Waals surface area (Å²) >= 11 is 1.32. The zero-order valence-corrected chi connectivity index (χ0v) is 13.8. The van der Waals surface area contributed by atoms with Crippen LogP contribution in [0.15, 0.2) is 18.2 Å². The number of thiophene rings is 1. The van der Waals surface area contributed by atoms with Crippen LogP contribution in [0.1, 0.15) is 21.7 Å². The first-order valence-electron chi connectivity index (χ1n) is 6.85. The summed E-state index contributed by atoms with van der Waals surface area (Å²) in [6.07, 6.45) is 0.810. The van der Waals surface area contributed by atoms with Gasteiger partial charge in [-0.2, -0.15) is 0 Å². The molecule has 0 unspecified atom stereocenters. The van der Waals surface area contributed by atoms with Crippen molar-refractivity contribution in [1.29, 1.82) is 0 Å². The van der Waals surface area contributed by atoms with E-state index in [1.165, 1.54) is 17.4 Å². The third-order valence-corrected chi connectivity index (χ3v) is 4.94. The molecule has 1 fully saturated rings. The lowest BCUT2D eigenvalue weighted by Crippen LogP contribution is -2.31. The van der Waals surface area contributed by atoms with Gasteiger partial charge in [-0.25, -0.2) is 4.39 Å². The molecule has 120 valence electrons. The topological polar surface area (TPSA) is 55.6 Å². The van der Waals surface area contributed by atoms with Gasteiger partial charge in [-0.1, -0.05) is 6.07 Å². The van der Waals surface area contributed by atoms with Crippen LogP contribution in [0.3, 0.4) is 0 Å². The Kier molecular flexibility index (Phi) is 5.39. The van der Waals surface area contributed by atoms with Crippen LogP contribution in [0.25, 0.3) is 10.1 Å². The minimum absolute atomic E-state index is 0. The Labute approximate surface area is 138 Å². The molecule has 0 aliphatic carbocycles. The van der Waals surface area contributed by atoms with Gasteiger partial charge in [-0.15, -0.1) is 23.7 Å². The SMILES string of the molecule is COCc1c(C(=O)N2CC[C@@H](N)C2)sc2cccc(F)c12.Cl. The van der Waals surface area contributed by atoms with Gasteiger partial charge in [-0.05, 0) is 18.6 Å². The van der Waals surface area contributed by atoms with Crippen LogP contribution < -0.4 is 5.73 Å². The van der Waals surface area contributed by atoms with E-state index >= 15 is 0 Å². The number of rotatable bonds is 3. The summed E-state index contributed by atoms with van der Waals surface area (Å²) in [6, 6.07) is 4.93. The molecule has 1 aliphatic heterocycles. The minimum Gasteiger partial charge on any atom is -0.380 e. The summed E-state index contributed by atoms with van der Waals surface area (Å²) < 4.78 is 20.0. The fourth-order valence-corrected chi connectivity index (χ4v) is 3.93. The number of halogens is 2. The fraction of sp³-hybridized carbons (Fsp3) is 0.400. The summed E-state index contributed by atoms with van der Waals surface area (Å²) in [5.74, 6) is -0.386. The number of carbonyl (C=O) groups is 1. The first-order valence-corrected chi connectivity index (χ1v) is 7.67. The maximum atomic E-state index is 14.1. The molecule has 1 saturated heterocycles. The second kappa shape index (κ2) is 6.91. The molecule has 2 N–H and O–H groups in total. The Balaban J connectivity index is 0.00000176. The smallest absolute Gasteiger partial charge is 0.264 e. The monoisotopic (exact) mass is 344 g/mol. The number of nitrogens with two attached hydrogens (primary N) is 1. The maximum absolute atomic E-state index is 14.1. The lowest BCUT2D eigenvalue weighted by Gasteiger charge is -2.15. The average Bonchev–Trinajstić information content (AvgIpc) is 3.04. The van der Waals surface area contributed by atoms with Gasteiger partial charge in [0.1, 0.15) is 5.82 Å². The van der Waals surface area contributed by atoms with Crippen LogP contribution in [0.4, 0.5) is 4.39 Å². The number of hydrogen-bond acceptors (Lipinski definition) is 4. The highest BCUT2D eigenvalue weighted by atomic mass is 35.5. The predicted octanol–water partition coefficient (Wildman–Crippen LogP) is 2.78. The zero-order chi connectivity index (χ0) is 15.0. The van der Waals surface area contributed by atoms with E-state index in [2.05, 4.69) is 0 Å². The lowest BCUT2D eigenvalue weighted by atomic mass is 10.1. The number of benzene rings is 1. The van der Waals surface area contributed by atoms with Crippen molar-refractivity contribution in [1.82, 2.24) is 4.90 Å². The van der Waals surface area contributed by atoms with Crippen LogP contribution in [-0.2, 0) is 11.3 Å². The largest absolute Gasteiger partial charge is 0.380 e. The normalized spacial score (nSPS) is 17.8. The van der Waals surface area contributed by atoms with E-state index in [1.54, 1.807) is 18.1 Å². The second-order valence-corrected chi connectivity index (χ2v) is 6.31. The van der Waals surface area contributed by atoms with Crippen molar-refractivity contribution in [3.8, 4) is 0 Å². The molecule has 22 heavy (non-hydrogen) atoms. The molecule has 0 bridgehead atoms. The van der Waals surface area contributed by atoms with Crippen LogP contribution in [0.2, 0.25) is 0 Å². The van der Waals surface area contributed by atoms with Crippen molar-refractivity contribution in [3.05, 3.63) is 34.5 Å². The highest BCUT2D eigenvalue weighted by Crippen LogP contribution is 2.35. The molecule has 1 amide bonds. The molecule has 1 aliphatic rings. The quantitative estimate of drug-likeness (QED) is 0.931. The van der Waals surface area contributed by atoms with Crippen molar-refractivity contribution in [2.24, 2.45) is 5.73 Å². The van der Waals surface area contributed by atoms with Crippen LogP contribution in [-0.4, -0.2) is 37.0 Å². The Morgan fingerprint density at radius 3 is 2.95 bits per heavy atom. The number of methoxy groups -OCH3 is 1. The number of fused-ring (bicyclic) bond motifs is 1. The molecule has 2 aromatic rings. The molecule has 0 radical (unpaired) electrons. The molecular weight excluding hydrogens is 327 g/mol. The highest BCUT2D eigenvalue weighted by molar-refractivity contribution is 7.21. The first kappa shape index (κ1) is 17.1. The number of carbonyl (C=O) groups excluding carboxylic acids is 1. The average molecular weight is 345 g/mol. The molecule has 0 spiro atoms. The number of ether oxygens (including phenoxy) is 1. The van der Waals surface area contributed by atoms with E-state index in [9.17, 15) is 9.18 Å². The van der Waals surface area contributed by atoms with Gasteiger partial charge >= 0.3 is 0 Å². The van der Waals surface area contributed by atoms with Gasteiger partial charge in [0.15, 0.2) is 0 Å². The standard InChI is InChI=1S/C15H17FN2O2S.ClH/c1-20-8-10-13-11(16)3-2-4-12(13)21-14(10)15(19)18-6-5-9(17)7-18;/h2-4,9H,5-8,17H2,1H3;1H/t9-;/m1./s1. The Morgan fingerprint density at radius 1 is 1.55 bits per heavy atom. The summed E-state index contributed by atoms with van der Waals surface area (Å²) in [4.78, 5) is 15.0. The molecule has 1 aromatic heterocycles. The number of amides is 1. The van der Waals surface area contributed by atoms with Gasteiger partial charge < -0.3 is 15.4 Å². The van der Waals surface area contributed by atoms with Crippen molar-refractivity contribution >= 4 is 39.7 Å². The van der Waals surface area contributed by atoms with E-state index in [4.69, 9.17) is 10.5 Å². The molecule has 0 saturated carbocycles. The van der Waals surface area contributed by atoms with E-state index in [-0.39, 0.29) is 36.8 Å². The summed E-state index contributed by atoms with van der Waals surface area (Å²) in [6.45, 7) is 1.44. The third kappa shape index (κ3) is 2.96. The van der Waals surface area contributed by atoms with Crippen LogP contribution in [0.5, 0.6) is 0 Å². The molecular formula is C15H18ClFN2O2S. The zero-order valence-electron chi connectivity index (χ0n) is 12.2. The predicted molar refractivity (Wildman–Crippen MR) is 88.2 cm³/mol. The van der Waals surface area contributed by atoms with Crippen LogP contribution in [0, 0.1) is 5.82 Å². The van der Waals surface area contributed by atoms with E-state index in [1.807, 2.05) is 6.07 Å². The number of likely N-dealkylation sites (tertiary alicyclic amines) is 1. The van der Waals surface area contributed by atoms with Gasteiger partial charge in [0.25, 0.3) is 5.91 Å². The molecule has 3 rings (SSSR count). The highest BCUT2D eigenvalue weighted by Gasteiger charge is 2.28. The van der Waals surface area contributed by atoms with Gasteiger partial charge in [0.2, 0.25) is 0 Å². The van der Waals surface area contributed by atoms with Crippen molar-refractivity contribution < 1.29 is 13.9 Å².